The second kappa shape index (κ2) is 11.0. The molecule has 2 fully saturated rings. The Morgan fingerprint density at radius 3 is 2.50 bits per heavy atom. The largest absolute Gasteiger partial charge is 0.490 e. The van der Waals surface area contributed by atoms with Gasteiger partial charge in [-0.05, 0) is 63.1 Å². The van der Waals surface area contributed by atoms with Crippen LogP contribution in [0.25, 0.3) is 0 Å². The van der Waals surface area contributed by atoms with Crippen LogP contribution in [-0.2, 0) is 11.2 Å². The van der Waals surface area contributed by atoms with Crippen molar-refractivity contribution in [1.82, 2.24) is 9.80 Å². The molecule has 7 nitrogen and oxygen atoms in total. The summed E-state index contributed by atoms with van der Waals surface area (Å²) < 4.78 is 11.4. The monoisotopic (exact) mass is 446 g/mol. The van der Waals surface area contributed by atoms with Crippen molar-refractivity contribution >= 4 is 5.91 Å². The summed E-state index contributed by atoms with van der Waals surface area (Å²) in [5, 5.41) is 21.1. The lowest BCUT2D eigenvalue weighted by Crippen LogP contribution is -2.50. The third kappa shape index (κ3) is 5.45. The van der Waals surface area contributed by atoms with Crippen molar-refractivity contribution in [3.8, 4) is 5.75 Å². The number of aryl methyl sites for hydroxylation is 1. The first-order valence-corrected chi connectivity index (χ1v) is 12.2. The maximum absolute atomic E-state index is 13.2. The Labute approximate surface area is 191 Å². The molecule has 1 aromatic carbocycles. The second-order valence-electron chi connectivity index (χ2n) is 9.57. The van der Waals surface area contributed by atoms with Crippen LogP contribution >= 0.6 is 0 Å². The summed E-state index contributed by atoms with van der Waals surface area (Å²) in [6, 6.07) is 6.48. The van der Waals surface area contributed by atoms with E-state index >= 15 is 0 Å². The summed E-state index contributed by atoms with van der Waals surface area (Å²) in [6.07, 6.45) is 5.90. The number of amides is 1. The van der Waals surface area contributed by atoms with Crippen molar-refractivity contribution in [1.29, 1.82) is 0 Å². The van der Waals surface area contributed by atoms with E-state index in [9.17, 15) is 15.0 Å². The standard InChI is InChI=1S/C25H38N2O5/c1-26(19-9-6-10-19)25(30)21-11-5-8-18-7-3-2-4-13-27(20-15-31-16-20)14-12-22(28)23(29)17-32-24(18)21/h5,8,11,19-20,22-23,28-29H,2-4,6-7,9-10,12-17H2,1H3/t22-,23+/m0/s1. The molecule has 2 heterocycles. The normalized spacial score (nSPS) is 26.7. The van der Waals surface area contributed by atoms with Gasteiger partial charge in [0.05, 0.1) is 30.9 Å². The van der Waals surface area contributed by atoms with E-state index < -0.39 is 12.2 Å². The molecule has 0 radical (unpaired) electrons. The molecular formula is C25H38N2O5. The molecule has 1 aromatic rings. The van der Waals surface area contributed by atoms with E-state index in [0.717, 1.165) is 70.4 Å². The molecule has 2 aliphatic heterocycles. The summed E-state index contributed by atoms with van der Waals surface area (Å²) in [5.74, 6) is 0.543. The maximum atomic E-state index is 13.2. The first kappa shape index (κ1) is 23.5. The Hall–Kier alpha value is -1.67. The number of hydrogen-bond acceptors (Lipinski definition) is 6. The van der Waals surface area contributed by atoms with Gasteiger partial charge in [-0.15, -0.1) is 0 Å². The Kier molecular flexibility index (Phi) is 8.05. The van der Waals surface area contributed by atoms with E-state index in [-0.39, 0.29) is 12.5 Å². The highest BCUT2D eigenvalue weighted by molar-refractivity contribution is 5.97. The van der Waals surface area contributed by atoms with Crippen LogP contribution in [-0.4, -0.2) is 90.2 Å². The second-order valence-corrected chi connectivity index (χ2v) is 9.57. The number of fused-ring (bicyclic) bond motifs is 1. The Morgan fingerprint density at radius 2 is 1.81 bits per heavy atom. The average Bonchev–Trinajstić information content (AvgIpc) is 2.71. The SMILES string of the molecule is CN(C(=O)c1cccc2c1OC[C@@H](O)[C@@H](O)CCN(C1COC1)CCCCC2)C1CCC1. The van der Waals surface area contributed by atoms with Crippen molar-refractivity contribution in [2.45, 2.75) is 75.7 Å². The summed E-state index contributed by atoms with van der Waals surface area (Å²) in [5.41, 5.74) is 1.56. The van der Waals surface area contributed by atoms with E-state index in [2.05, 4.69) is 4.90 Å². The molecule has 178 valence electrons. The van der Waals surface area contributed by atoms with Gasteiger partial charge in [0.15, 0.2) is 0 Å². The number of benzene rings is 1. The van der Waals surface area contributed by atoms with Gasteiger partial charge in [-0.2, -0.15) is 0 Å². The molecule has 1 saturated carbocycles. The molecule has 2 N–H and O–H groups in total. The molecule has 0 unspecified atom stereocenters. The van der Waals surface area contributed by atoms with E-state index in [1.165, 1.54) is 6.42 Å². The fourth-order valence-electron chi connectivity index (χ4n) is 4.74. The zero-order valence-corrected chi connectivity index (χ0v) is 19.2. The van der Waals surface area contributed by atoms with Gasteiger partial charge in [-0.25, -0.2) is 0 Å². The lowest BCUT2D eigenvalue weighted by Gasteiger charge is -2.38. The Morgan fingerprint density at radius 1 is 1.00 bits per heavy atom. The lowest BCUT2D eigenvalue weighted by atomic mass is 9.91. The van der Waals surface area contributed by atoms with Gasteiger partial charge in [0.2, 0.25) is 0 Å². The van der Waals surface area contributed by atoms with Crippen LogP contribution in [0.2, 0.25) is 0 Å². The molecule has 0 aromatic heterocycles. The third-order valence-corrected chi connectivity index (χ3v) is 7.35. The summed E-state index contributed by atoms with van der Waals surface area (Å²) in [4.78, 5) is 17.4. The van der Waals surface area contributed by atoms with Crippen molar-refractivity contribution in [3.63, 3.8) is 0 Å². The number of carbonyl (C=O) groups is 1. The van der Waals surface area contributed by atoms with E-state index in [1.807, 2.05) is 30.1 Å². The first-order chi connectivity index (χ1) is 15.5. The average molecular weight is 447 g/mol. The molecule has 7 heteroatoms. The van der Waals surface area contributed by atoms with Crippen molar-refractivity contribution in [2.75, 3.05) is 40.0 Å². The fraction of sp³-hybridized carbons (Fsp3) is 0.720. The molecule has 0 spiro atoms. The van der Waals surface area contributed by atoms with Crippen molar-refractivity contribution < 1.29 is 24.5 Å². The highest BCUT2D eigenvalue weighted by atomic mass is 16.5. The molecule has 2 atom stereocenters. The minimum Gasteiger partial charge on any atom is -0.490 e. The molecule has 3 aliphatic rings. The quantitative estimate of drug-likeness (QED) is 0.741. The number of aliphatic hydroxyl groups excluding tert-OH is 2. The fourth-order valence-corrected chi connectivity index (χ4v) is 4.74. The molecular weight excluding hydrogens is 408 g/mol. The zero-order valence-electron chi connectivity index (χ0n) is 19.2. The molecule has 1 aliphatic carbocycles. The zero-order chi connectivity index (χ0) is 22.5. The number of para-hydroxylation sites is 1. The number of hydrogen-bond donors (Lipinski definition) is 2. The number of ether oxygens (including phenoxy) is 2. The predicted molar refractivity (Wildman–Crippen MR) is 122 cm³/mol. The van der Waals surface area contributed by atoms with Crippen LogP contribution in [0.5, 0.6) is 5.75 Å². The molecule has 1 saturated heterocycles. The first-order valence-electron chi connectivity index (χ1n) is 12.2. The highest BCUT2D eigenvalue weighted by Gasteiger charge is 2.30. The molecule has 0 bridgehead atoms. The van der Waals surface area contributed by atoms with Crippen LogP contribution in [0, 0.1) is 0 Å². The van der Waals surface area contributed by atoms with Gasteiger partial charge < -0.3 is 24.6 Å². The van der Waals surface area contributed by atoms with Crippen molar-refractivity contribution in [2.24, 2.45) is 0 Å². The predicted octanol–water partition coefficient (Wildman–Crippen LogP) is 2.23. The Balaban J connectivity index is 1.50. The van der Waals surface area contributed by atoms with Crippen LogP contribution in [0.15, 0.2) is 18.2 Å². The maximum Gasteiger partial charge on any atom is 0.257 e. The van der Waals surface area contributed by atoms with Gasteiger partial charge in [0.25, 0.3) is 5.91 Å². The Bertz CT molecular complexity index is 765. The van der Waals surface area contributed by atoms with Crippen LogP contribution in [0.4, 0.5) is 0 Å². The van der Waals surface area contributed by atoms with Crippen LogP contribution < -0.4 is 4.74 Å². The molecule has 1 amide bonds. The van der Waals surface area contributed by atoms with Gasteiger partial charge in [0.1, 0.15) is 18.5 Å². The van der Waals surface area contributed by atoms with Crippen LogP contribution in [0.1, 0.15) is 60.9 Å². The highest BCUT2D eigenvalue weighted by Crippen LogP contribution is 2.31. The van der Waals surface area contributed by atoms with Gasteiger partial charge in [-0.3, -0.25) is 9.69 Å². The third-order valence-electron chi connectivity index (χ3n) is 7.35. The summed E-state index contributed by atoms with van der Waals surface area (Å²) in [6.45, 7) is 3.18. The van der Waals surface area contributed by atoms with E-state index in [1.54, 1.807) is 0 Å². The molecule has 4 rings (SSSR count). The number of rotatable bonds is 3. The van der Waals surface area contributed by atoms with Crippen molar-refractivity contribution in [3.05, 3.63) is 29.3 Å². The van der Waals surface area contributed by atoms with Gasteiger partial charge in [-0.1, -0.05) is 18.6 Å². The van der Waals surface area contributed by atoms with E-state index in [0.29, 0.717) is 29.8 Å². The number of nitrogens with zero attached hydrogens (tertiary/aromatic N) is 2. The number of carbonyl (C=O) groups excluding carboxylic acids is 1. The minimum absolute atomic E-state index is 0.0268. The van der Waals surface area contributed by atoms with Crippen LogP contribution in [0.3, 0.4) is 0 Å². The minimum atomic E-state index is -1.00. The topological polar surface area (TPSA) is 82.5 Å². The van der Waals surface area contributed by atoms with E-state index in [4.69, 9.17) is 9.47 Å². The summed E-state index contributed by atoms with van der Waals surface area (Å²) >= 11 is 0. The lowest BCUT2D eigenvalue weighted by molar-refractivity contribution is -0.0735. The summed E-state index contributed by atoms with van der Waals surface area (Å²) in [7, 11) is 1.87. The van der Waals surface area contributed by atoms with Gasteiger partial charge in [0, 0.05) is 19.6 Å². The molecule has 32 heavy (non-hydrogen) atoms. The van der Waals surface area contributed by atoms with Gasteiger partial charge >= 0.3 is 0 Å². The smallest absolute Gasteiger partial charge is 0.257 e. The number of aliphatic hydroxyl groups is 2.